The number of rotatable bonds is 1. The summed E-state index contributed by atoms with van der Waals surface area (Å²) in [5.41, 5.74) is 6.83. The van der Waals surface area contributed by atoms with E-state index in [1.165, 1.54) is 32.1 Å². The second-order valence-electron chi connectivity index (χ2n) is 4.59. The first-order chi connectivity index (χ1) is 7.59. The molecule has 0 fully saturated rings. The van der Waals surface area contributed by atoms with E-state index in [1.807, 2.05) is 0 Å². The van der Waals surface area contributed by atoms with Crippen molar-refractivity contribution in [1.29, 1.82) is 0 Å². The molecule has 0 nitrogen and oxygen atoms in total. The molecule has 0 heterocycles. The fourth-order valence-corrected chi connectivity index (χ4v) is 2.46. The molecule has 2 aromatic carbocycles. The van der Waals surface area contributed by atoms with Gasteiger partial charge in [0.15, 0.2) is 0 Å². The molecule has 0 unspecified atom stereocenters. The molecule has 2 rings (SSSR count). The van der Waals surface area contributed by atoms with Gasteiger partial charge < -0.3 is 0 Å². The van der Waals surface area contributed by atoms with Crippen molar-refractivity contribution in [2.45, 2.75) is 20.8 Å². The van der Waals surface area contributed by atoms with Crippen LogP contribution in [0.2, 0.25) is 0 Å². The van der Waals surface area contributed by atoms with Crippen LogP contribution in [0.25, 0.3) is 11.1 Å². The summed E-state index contributed by atoms with van der Waals surface area (Å²) in [5.74, 6) is 0. The van der Waals surface area contributed by atoms with Gasteiger partial charge >= 0.3 is 107 Å². The maximum atomic E-state index is 2.26. The van der Waals surface area contributed by atoms with Crippen LogP contribution in [0, 0.1) is 20.8 Å². The summed E-state index contributed by atoms with van der Waals surface area (Å²) in [6.07, 6.45) is 0. The van der Waals surface area contributed by atoms with Crippen molar-refractivity contribution < 1.29 is 0 Å². The molecule has 0 spiro atoms. The van der Waals surface area contributed by atoms with Gasteiger partial charge in [0, 0.05) is 0 Å². The van der Waals surface area contributed by atoms with E-state index >= 15 is 0 Å². The first-order valence-electron chi connectivity index (χ1n) is 5.73. The minimum atomic E-state index is 1.34. The molecule has 0 saturated heterocycles. The van der Waals surface area contributed by atoms with Crippen LogP contribution in [0.4, 0.5) is 0 Å². The summed E-state index contributed by atoms with van der Waals surface area (Å²) < 4.78 is 1.34. The average molecular weight is 202 g/mol. The monoisotopic (exact) mass is 202 g/mol. The Balaban J connectivity index is 2.70. The zero-order chi connectivity index (χ0) is 11.7. The predicted octanol–water partition coefficient (Wildman–Crippen LogP) is 3.07. The molecule has 0 aromatic heterocycles. The van der Waals surface area contributed by atoms with Crippen LogP contribution in [-0.4, -0.2) is 17.7 Å². The third kappa shape index (κ3) is 2.09. The van der Waals surface area contributed by atoms with Crippen molar-refractivity contribution in [3.63, 3.8) is 0 Å². The summed E-state index contributed by atoms with van der Waals surface area (Å²) in [7, 11) is 0. The van der Waals surface area contributed by atoms with Gasteiger partial charge in [0.05, 0.1) is 0 Å². The van der Waals surface area contributed by atoms with E-state index in [-0.39, 0.29) is 0 Å². The zero-order valence-corrected chi connectivity index (χ0v) is 10.5. The molecule has 76 valence electrons. The molecule has 0 aliphatic heterocycles. The fraction of sp³-hybridized carbons (Fsp3) is 0.200. The van der Waals surface area contributed by atoms with Gasteiger partial charge in [-0.05, 0) is 0 Å². The summed E-state index contributed by atoms with van der Waals surface area (Å²) in [5, 5.41) is 0. The van der Waals surface area contributed by atoms with Crippen LogP contribution in [0.5, 0.6) is 0 Å². The van der Waals surface area contributed by atoms with Crippen LogP contribution in [0.3, 0.4) is 0 Å². The van der Waals surface area contributed by atoms with Crippen molar-refractivity contribution in [1.82, 2.24) is 0 Å². The molecule has 1 heteroatoms. The standard InChI is InChI=1S/C15H15.Li/c1-11-9-12(2)15(13(3)10-11)14-7-5-4-6-8-14;/h4-7,9-10H,1-3H3;. The Morgan fingerprint density at radius 1 is 0.875 bits per heavy atom. The van der Waals surface area contributed by atoms with Gasteiger partial charge in [-0.2, -0.15) is 0 Å². The van der Waals surface area contributed by atoms with E-state index in [4.69, 9.17) is 0 Å². The zero-order valence-electron chi connectivity index (χ0n) is 10.5. The van der Waals surface area contributed by atoms with E-state index in [9.17, 15) is 0 Å². The summed E-state index contributed by atoms with van der Waals surface area (Å²) in [4.78, 5) is 0. The molecular weight excluding hydrogens is 187 g/mol. The Bertz CT molecular complexity index is 504. The Morgan fingerprint density at radius 3 is 2.00 bits per heavy atom. The molecule has 0 aliphatic carbocycles. The van der Waals surface area contributed by atoms with Crippen molar-refractivity contribution in [3.05, 3.63) is 53.1 Å². The van der Waals surface area contributed by atoms with Gasteiger partial charge in [-0.25, -0.2) is 0 Å². The molecule has 0 N–H and O–H groups in total. The number of hydrogen-bond donors (Lipinski definition) is 0. The Kier molecular flexibility index (Phi) is 3.24. The van der Waals surface area contributed by atoms with Gasteiger partial charge in [0.1, 0.15) is 0 Å². The predicted molar refractivity (Wildman–Crippen MR) is 71.5 cm³/mol. The molecule has 0 bridgehead atoms. The maximum absolute atomic E-state index is 2.26. The Morgan fingerprint density at radius 2 is 1.44 bits per heavy atom. The van der Waals surface area contributed by atoms with Crippen molar-refractivity contribution in [2.24, 2.45) is 0 Å². The molecular formula is C15H15Li. The molecule has 16 heavy (non-hydrogen) atoms. The van der Waals surface area contributed by atoms with Crippen molar-refractivity contribution in [2.75, 3.05) is 0 Å². The topological polar surface area (TPSA) is 0 Å². The van der Waals surface area contributed by atoms with E-state index < -0.39 is 0 Å². The normalized spacial score (nSPS) is 10.6. The van der Waals surface area contributed by atoms with Gasteiger partial charge in [0.2, 0.25) is 0 Å². The van der Waals surface area contributed by atoms with E-state index in [1.54, 1.807) is 0 Å². The average Bonchev–Trinajstić information content (AvgIpc) is 2.19. The molecule has 0 aliphatic rings. The van der Waals surface area contributed by atoms with E-state index in [0.29, 0.717) is 0 Å². The number of benzene rings is 2. The SMILES string of the molecule is [Li][c]1ccccc1-c1c(C)cc(C)cc1C. The summed E-state index contributed by atoms with van der Waals surface area (Å²) in [6, 6.07) is 13.1. The van der Waals surface area contributed by atoms with Gasteiger partial charge in [-0.3, -0.25) is 0 Å². The molecule has 0 amide bonds. The van der Waals surface area contributed by atoms with E-state index in [0.717, 1.165) is 0 Å². The molecule has 0 atom stereocenters. The summed E-state index contributed by atoms with van der Waals surface area (Å²) >= 11 is 2.17. The minimum absolute atomic E-state index is 1.34. The Hall–Kier alpha value is -0.963. The van der Waals surface area contributed by atoms with Gasteiger partial charge in [-0.15, -0.1) is 0 Å². The molecule has 2 aromatic rings. The molecule has 0 radical (unpaired) electrons. The number of hydrogen-bond acceptors (Lipinski definition) is 0. The van der Waals surface area contributed by atoms with Crippen LogP contribution < -0.4 is 4.24 Å². The third-order valence-corrected chi connectivity index (χ3v) is 3.09. The van der Waals surface area contributed by atoms with Crippen molar-refractivity contribution in [3.8, 4) is 11.1 Å². The van der Waals surface area contributed by atoms with Gasteiger partial charge in [0.25, 0.3) is 0 Å². The first-order valence-corrected chi connectivity index (χ1v) is 5.73. The van der Waals surface area contributed by atoms with Crippen LogP contribution in [0.1, 0.15) is 16.7 Å². The first kappa shape index (κ1) is 11.5. The van der Waals surface area contributed by atoms with Crippen molar-refractivity contribution >= 4 is 22.0 Å². The van der Waals surface area contributed by atoms with Crippen LogP contribution in [-0.2, 0) is 0 Å². The van der Waals surface area contributed by atoms with E-state index in [2.05, 4.69) is 74.9 Å². The van der Waals surface area contributed by atoms with Gasteiger partial charge in [-0.1, -0.05) is 0 Å². The summed E-state index contributed by atoms with van der Waals surface area (Å²) in [6.45, 7) is 6.55. The van der Waals surface area contributed by atoms with Crippen LogP contribution in [0.15, 0.2) is 36.4 Å². The second kappa shape index (κ2) is 4.50. The third-order valence-electron chi connectivity index (χ3n) is 3.09. The number of aryl methyl sites for hydroxylation is 3. The Labute approximate surface area is 107 Å². The van der Waals surface area contributed by atoms with Crippen LogP contribution >= 0.6 is 0 Å². The second-order valence-corrected chi connectivity index (χ2v) is 4.59. The quantitative estimate of drug-likeness (QED) is 0.623. The molecule has 0 saturated carbocycles. The fourth-order valence-electron chi connectivity index (χ4n) is 2.46.